The minimum absolute atomic E-state index is 0.121. The number of primary amides is 1. The van der Waals surface area contributed by atoms with Crippen LogP contribution in [0.2, 0.25) is 0 Å². The maximum atomic E-state index is 13.3. The van der Waals surface area contributed by atoms with E-state index in [0.717, 1.165) is 11.3 Å². The number of benzene rings is 1. The lowest BCUT2D eigenvalue weighted by Crippen LogP contribution is -2.13. The van der Waals surface area contributed by atoms with Crippen LogP contribution >= 0.6 is 0 Å². The average Bonchev–Trinajstić information content (AvgIpc) is 2.73. The zero-order valence-corrected chi connectivity index (χ0v) is 9.83. The molecule has 0 radical (unpaired) electrons. The van der Waals surface area contributed by atoms with E-state index in [0.29, 0.717) is 12.2 Å². The van der Waals surface area contributed by atoms with E-state index in [9.17, 15) is 9.18 Å². The summed E-state index contributed by atoms with van der Waals surface area (Å²) in [7, 11) is 0. The Morgan fingerprint density at radius 3 is 2.94 bits per heavy atom. The molecule has 1 heterocycles. The summed E-state index contributed by atoms with van der Waals surface area (Å²) >= 11 is 0. The van der Waals surface area contributed by atoms with E-state index >= 15 is 0 Å². The Hall–Kier alpha value is -2.37. The number of nitrogens with zero attached hydrogens (tertiary/aromatic N) is 1. The van der Waals surface area contributed by atoms with Gasteiger partial charge in [0.15, 0.2) is 0 Å². The maximum Gasteiger partial charge on any atom is 0.251 e. The molecule has 18 heavy (non-hydrogen) atoms. The topological polar surface area (TPSA) is 83.8 Å². The molecule has 0 aliphatic rings. The molecule has 2 rings (SSSR count). The number of aryl methyl sites for hydroxylation is 1. The number of hydrogen-bond donors (Lipinski definition) is 3. The minimum Gasteiger partial charge on any atom is -0.381 e. The van der Waals surface area contributed by atoms with Gasteiger partial charge in [-0.15, -0.1) is 0 Å². The number of carbonyl (C=O) groups excluding carboxylic acids is 1. The van der Waals surface area contributed by atoms with Crippen molar-refractivity contribution in [2.75, 3.05) is 5.32 Å². The molecule has 5 nitrogen and oxygen atoms in total. The Balaban J connectivity index is 2.13. The van der Waals surface area contributed by atoms with E-state index in [1.54, 1.807) is 12.3 Å². The summed E-state index contributed by atoms with van der Waals surface area (Å²) in [6.07, 6.45) is 1.71. The highest BCUT2D eigenvalue weighted by Gasteiger charge is 2.09. The van der Waals surface area contributed by atoms with Gasteiger partial charge >= 0.3 is 0 Å². The Labute approximate surface area is 103 Å². The SMILES string of the molecule is Cc1[nH]ncc1CNc1ccc(F)c(C(N)=O)c1. The normalized spacial score (nSPS) is 10.3. The third kappa shape index (κ3) is 2.48. The lowest BCUT2D eigenvalue weighted by atomic mass is 10.1. The molecular formula is C12H13FN4O. The molecule has 6 heteroatoms. The van der Waals surface area contributed by atoms with Gasteiger partial charge in [0.25, 0.3) is 5.91 Å². The number of hydrogen-bond acceptors (Lipinski definition) is 3. The van der Waals surface area contributed by atoms with Crippen molar-refractivity contribution in [2.24, 2.45) is 5.73 Å². The molecule has 0 saturated carbocycles. The van der Waals surface area contributed by atoms with E-state index in [-0.39, 0.29) is 5.56 Å². The van der Waals surface area contributed by atoms with Crippen molar-refractivity contribution < 1.29 is 9.18 Å². The first-order valence-electron chi connectivity index (χ1n) is 5.40. The van der Waals surface area contributed by atoms with Crippen LogP contribution < -0.4 is 11.1 Å². The molecule has 4 N–H and O–H groups in total. The van der Waals surface area contributed by atoms with Crippen molar-refractivity contribution >= 4 is 11.6 Å². The van der Waals surface area contributed by atoms with Crippen LogP contribution in [0.5, 0.6) is 0 Å². The molecule has 0 spiro atoms. The molecule has 0 bridgehead atoms. The molecule has 0 fully saturated rings. The molecule has 1 aromatic carbocycles. The number of nitrogens with one attached hydrogen (secondary N) is 2. The standard InChI is InChI=1S/C12H13FN4O/c1-7-8(6-16-17-7)5-15-9-2-3-11(13)10(4-9)12(14)18/h2-4,6,15H,5H2,1H3,(H2,14,18)(H,16,17). The quantitative estimate of drug-likeness (QED) is 0.767. The summed E-state index contributed by atoms with van der Waals surface area (Å²) in [4.78, 5) is 11.0. The third-order valence-electron chi connectivity index (χ3n) is 2.65. The number of aromatic nitrogens is 2. The Morgan fingerprint density at radius 2 is 2.33 bits per heavy atom. The second-order valence-corrected chi connectivity index (χ2v) is 3.93. The van der Waals surface area contributed by atoms with E-state index < -0.39 is 11.7 Å². The van der Waals surface area contributed by atoms with Crippen molar-refractivity contribution in [1.82, 2.24) is 10.2 Å². The summed E-state index contributed by atoms with van der Waals surface area (Å²) in [5.41, 5.74) is 7.54. The van der Waals surface area contributed by atoms with E-state index in [1.807, 2.05) is 6.92 Å². The van der Waals surface area contributed by atoms with Gasteiger partial charge < -0.3 is 11.1 Å². The zero-order chi connectivity index (χ0) is 13.1. The third-order valence-corrected chi connectivity index (χ3v) is 2.65. The average molecular weight is 248 g/mol. The summed E-state index contributed by atoms with van der Waals surface area (Å²) in [6, 6.07) is 4.16. The minimum atomic E-state index is -0.782. The Bertz CT molecular complexity index is 579. The number of amides is 1. The molecule has 1 amide bonds. The fraction of sp³-hybridized carbons (Fsp3) is 0.167. The van der Waals surface area contributed by atoms with Crippen LogP contribution in [0.4, 0.5) is 10.1 Å². The molecule has 1 aromatic heterocycles. The number of H-pyrrole nitrogens is 1. The number of halogens is 1. The fourth-order valence-electron chi connectivity index (χ4n) is 1.58. The molecule has 2 aromatic rings. The number of anilines is 1. The van der Waals surface area contributed by atoms with Crippen molar-refractivity contribution in [3.05, 3.63) is 47.0 Å². The van der Waals surface area contributed by atoms with Crippen LogP contribution in [-0.2, 0) is 6.54 Å². The first-order chi connectivity index (χ1) is 8.58. The number of nitrogens with two attached hydrogens (primary N) is 1. The van der Waals surface area contributed by atoms with E-state index in [1.165, 1.54) is 12.1 Å². The van der Waals surface area contributed by atoms with Crippen LogP contribution in [0.1, 0.15) is 21.6 Å². The van der Waals surface area contributed by atoms with Gasteiger partial charge in [0.1, 0.15) is 5.82 Å². The van der Waals surface area contributed by atoms with Crippen LogP contribution in [0.25, 0.3) is 0 Å². The van der Waals surface area contributed by atoms with Gasteiger partial charge in [0, 0.05) is 23.5 Å². The highest BCUT2D eigenvalue weighted by atomic mass is 19.1. The smallest absolute Gasteiger partial charge is 0.251 e. The van der Waals surface area contributed by atoms with Gasteiger partial charge in [-0.05, 0) is 25.1 Å². The molecule has 0 atom stereocenters. The maximum absolute atomic E-state index is 13.3. The lowest BCUT2D eigenvalue weighted by Gasteiger charge is -2.07. The fourth-order valence-corrected chi connectivity index (χ4v) is 1.58. The van der Waals surface area contributed by atoms with Crippen molar-refractivity contribution in [2.45, 2.75) is 13.5 Å². The summed E-state index contributed by atoms with van der Waals surface area (Å²) in [5, 5.41) is 9.79. The second-order valence-electron chi connectivity index (χ2n) is 3.93. The molecule has 0 aliphatic carbocycles. The summed E-state index contributed by atoms with van der Waals surface area (Å²) < 4.78 is 13.3. The van der Waals surface area contributed by atoms with Gasteiger partial charge in [-0.1, -0.05) is 0 Å². The van der Waals surface area contributed by atoms with Crippen LogP contribution in [0.3, 0.4) is 0 Å². The summed E-state index contributed by atoms with van der Waals surface area (Å²) in [5.74, 6) is -1.40. The van der Waals surface area contributed by atoms with E-state index in [2.05, 4.69) is 15.5 Å². The number of aromatic amines is 1. The first kappa shape index (κ1) is 12.1. The molecular weight excluding hydrogens is 235 g/mol. The Morgan fingerprint density at radius 1 is 1.56 bits per heavy atom. The highest BCUT2D eigenvalue weighted by molar-refractivity contribution is 5.94. The lowest BCUT2D eigenvalue weighted by molar-refractivity contribution is 0.0996. The van der Waals surface area contributed by atoms with E-state index in [4.69, 9.17) is 5.73 Å². The molecule has 94 valence electrons. The first-order valence-corrected chi connectivity index (χ1v) is 5.40. The van der Waals surface area contributed by atoms with Crippen molar-refractivity contribution in [1.29, 1.82) is 0 Å². The summed E-state index contributed by atoms with van der Waals surface area (Å²) in [6.45, 7) is 2.44. The van der Waals surface area contributed by atoms with Crippen LogP contribution in [0.15, 0.2) is 24.4 Å². The molecule has 0 unspecified atom stereocenters. The van der Waals surface area contributed by atoms with Gasteiger partial charge in [0.05, 0.1) is 11.8 Å². The molecule has 0 aliphatic heterocycles. The Kier molecular flexibility index (Phi) is 3.27. The van der Waals surface area contributed by atoms with Gasteiger partial charge in [0.2, 0.25) is 0 Å². The van der Waals surface area contributed by atoms with Crippen LogP contribution in [-0.4, -0.2) is 16.1 Å². The highest BCUT2D eigenvalue weighted by Crippen LogP contribution is 2.15. The predicted molar refractivity (Wildman–Crippen MR) is 65.6 cm³/mol. The number of rotatable bonds is 4. The second kappa shape index (κ2) is 4.87. The molecule has 0 saturated heterocycles. The number of carbonyl (C=O) groups is 1. The van der Waals surface area contributed by atoms with Crippen LogP contribution in [0, 0.1) is 12.7 Å². The largest absolute Gasteiger partial charge is 0.381 e. The van der Waals surface area contributed by atoms with Gasteiger partial charge in [-0.25, -0.2) is 4.39 Å². The van der Waals surface area contributed by atoms with Gasteiger partial charge in [-0.3, -0.25) is 9.89 Å². The zero-order valence-electron chi connectivity index (χ0n) is 9.83. The van der Waals surface area contributed by atoms with Crippen molar-refractivity contribution in [3.8, 4) is 0 Å². The monoisotopic (exact) mass is 248 g/mol. The predicted octanol–water partition coefficient (Wildman–Crippen LogP) is 1.57. The van der Waals surface area contributed by atoms with Gasteiger partial charge in [-0.2, -0.15) is 5.10 Å². The van der Waals surface area contributed by atoms with Crippen molar-refractivity contribution in [3.63, 3.8) is 0 Å².